The molecule has 40 heavy (non-hydrogen) atoms. The molecule has 3 aromatic rings. The first-order chi connectivity index (χ1) is 19.6. The first-order valence-electron chi connectivity index (χ1n) is 14.0. The highest BCUT2D eigenvalue weighted by atomic mass is 16.2. The molecule has 6 rings (SSSR count). The van der Waals surface area contributed by atoms with Gasteiger partial charge in [-0.2, -0.15) is 0 Å². The smallest absolute Gasteiger partial charge is 0.296 e. The van der Waals surface area contributed by atoms with Gasteiger partial charge >= 0.3 is 0 Å². The summed E-state index contributed by atoms with van der Waals surface area (Å²) >= 11 is 0. The second-order valence-electron chi connectivity index (χ2n) is 10.4. The van der Waals surface area contributed by atoms with E-state index in [0.29, 0.717) is 16.8 Å². The lowest BCUT2D eigenvalue weighted by Crippen LogP contribution is -2.43. The molecule has 2 fully saturated rings. The molecule has 7 nitrogen and oxygen atoms in total. The van der Waals surface area contributed by atoms with Crippen LogP contribution in [0.3, 0.4) is 0 Å². The highest BCUT2D eigenvalue weighted by Crippen LogP contribution is 2.38. The molecule has 0 unspecified atom stereocenters. The van der Waals surface area contributed by atoms with Gasteiger partial charge < -0.3 is 26.2 Å². The van der Waals surface area contributed by atoms with Gasteiger partial charge in [0.1, 0.15) is 0 Å². The van der Waals surface area contributed by atoms with E-state index in [9.17, 15) is 9.59 Å². The van der Waals surface area contributed by atoms with E-state index in [4.69, 9.17) is 0 Å². The lowest BCUT2D eigenvalue weighted by atomic mass is 9.99. The number of nitrogens with zero attached hydrogens (tertiary/aromatic N) is 1. The minimum Gasteiger partial charge on any atom is -0.369 e. The molecule has 2 heterocycles. The molecule has 202 valence electrons. The van der Waals surface area contributed by atoms with Crippen LogP contribution >= 0.6 is 0 Å². The van der Waals surface area contributed by atoms with Gasteiger partial charge in [0.05, 0.1) is 17.0 Å². The third-order valence-electron chi connectivity index (χ3n) is 7.71. The minimum atomic E-state index is -0.254. The molecule has 3 aromatic carbocycles. The Morgan fingerprint density at radius 2 is 1.68 bits per heavy atom. The number of fused-ring (bicyclic) bond motifs is 1. The predicted molar refractivity (Wildman–Crippen MR) is 161 cm³/mol. The fraction of sp³-hybridized carbons (Fsp3) is 0.273. The standard InChI is InChI=1S/C33H33N5O2/c39-30(35-25-8-4-5-9-25)17-11-23-10-16-28-29(22-23)37-33(40)31(28)32(24-6-2-1-3-7-24)36-26-12-14-27(15-13-26)38-20-18-34-19-21-38/h1-3,6-7,10,12-16,22,25,34,36H,4-5,8-9,18-21H2,(H,35,39)(H,37,40)/b32-31-. The van der Waals surface area contributed by atoms with Crippen LogP contribution in [0.2, 0.25) is 0 Å². The van der Waals surface area contributed by atoms with E-state index < -0.39 is 0 Å². The first kappa shape index (κ1) is 25.7. The van der Waals surface area contributed by atoms with Crippen molar-refractivity contribution in [3.63, 3.8) is 0 Å². The highest BCUT2D eigenvalue weighted by Gasteiger charge is 2.28. The molecule has 1 saturated carbocycles. The monoisotopic (exact) mass is 531 g/mol. The normalized spacial score (nSPS) is 17.9. The molecule has 1 saturated heterocycles. The van der Waals surface area contributed by atoms with Crippen LogP contribution in [0.25, 0.3) is 11.3 Å². The second-order valence-corrected chi connectivity index (χ2v) is 10.4. The molecule has 2 amide bonds. The van der Waals surface area contributed by atoms with Crippen LogP contribution in [-0.2, 0) is 9.59 Å². The molecule has 0 radical (unpaired) electrons. The van der Waals surface area contributed by atoms with Gasteiger partial charge in [-0.15, -0.1) is 0 Å². The quantitative estimate of drug-likeness (QED) is 0.289. The first-order valence-corrected chi connectivity index (χ1v) is 14.0. The Hall–Kier alpha value is -4.54. The highest BCUT2D eigenvalue weighted by molar-refractivity contribution is 6.37. The maximum Gasteiger partial charge on any atom is 0.296 e. The Labute approximate surface area is 235 Å². The number of anilines is 3. The molecular formula is C33H33N5O2. The zero-order valence-corrected chi connectivity index (χ0v) is 22.4. The van der Waals surface area contributed by atoms with E-state index in [1.807, 2.05) is 48.5 Å². The summed E-state index contributed by atoms with van der Waals surface area (Å²) in [6.45, 7) is 3.95. The summed E-state index contributed by atoms with van der Waals surface area (Å²) in [5.41, 5.74) is 6.49. The number of hydrogen-bond donors (Lipinski definition) is 4. The van der Waals surface area contributed by atoms with Gasteiger partial charge in [0, 0.05) is 60.6 Å². The van der Waals surface area contributed by atoms with Crippen LogP contribution in [0, 0.1) is 11.8 Å². The third-order valence-corrected chi connectivity index (χ3v) is 7.71. The summed E-state index contributed by atoms with van der Waals surface area (Å²) in [6.07, 6.45) is 4.35. The SMILES string of the molecule is O=C(C#Cc1ccc2c(c1)NC(=O)/C2=C(\Nc1ccc(N2CCNCC2)cc1)c1ccccc1)NC1CCCC1. The van der Waals surface area contributed by atoms with Crippen LogP contribution in [0.1, 0.15) is 42.4 Å². The van der Waals surface area contributed by atoms with E-state index in [1.54, 1.807) is 0 Å². The van der Waals surface area contributed by atoms with Gasteiger partial charge in [-0.3, -0.25) is 9.59 Å². The summed E-state index contributed by atoms with van der Waals surface area (Å²) in [4.78, 5) is 28.0. The number of nitrogens with one attached hydrogen (secondary N) is 4. The van der Waals surface area contributed by atoms with E-state index >= 15 is 0 Å². The average molecular weight is 532 g/mol. The molecule has 4 N–H and O–H groups in total. The van der Waals surface area contributed by atoms with Crippen LogP contribution in [0.15, 0.2) is 72.8 Å². The summed E-state index contributed by atoms with van der Waals surface area (Å²) in [5.74, 6) is 5.23. The number of carbonyl (C=O) groups excluding carboxylic acids is 2. The van der Waals surface area contributed by atoms with Crippen molar-refractivity contribution in [3.8, 4) is 11.8 Å². The van der Waals surface area contributed by atoms with Gasteiger partial charge in [0.15, 0.2) is 0 Å². The number of amides is 2. The van der Waals surface area contributed by atoms with Crippen molar-refractivity contribution in [2.45, 2.75) is 31.7 Å². The maximum absolute atomic E-state index is 13.3. The predicted octanol–water partition coefficient (Wildman–Crippen LogP) is 4.44. The lowest BCUT2D eigenvalue weighted by Gasteiger charge is -2.29. The molecule has 3 aliphatic rings. The topological polar surface area (TPSA) is 85.5 Å². The number of piperazine rings is 1. The Morgan fingerprint density at radius 3 is 2.42 bits per heavy atom. The van der Waals surface area contributed by atoms with Gasteiger partial charge in [-0.25, -0.2) is 0 Å². The van der Waals surface area contributed by atoms with Crippen molar-refractivity contribution < 1.29 is 9.59 Å². The maximum atomic E-state index is 13.3. The van der Waals surface area contributed by atoms with E-state index in [2.05, 4.69) is 62.3 Å². The zero-order chi connectivity index (χ0) is 27.3. The van der Waals surface area contributed by atoms with Crippen molar-refractivity contribution in [2.24, 2.45) is 0 Å². The van der Waals surface area contributed by atoms with E-state index in [1.165, 1.54) is 5.69 Å². The third kappa shape index (κ3) is 5.73. The molecule has 2 aliphatic heterocycles. The largest absolute Gasteiger partial charge is 0.369 e. The lowest BCUT2D eigenvalue weighted by molar-refractivity contribution is -0.116. The summed E-state index contributed by atoms with van der Waals surface area (Å²) in [7, 11) is 0. The molecule has 0 bridgehead atoms. The van der Waals surface area contributed by atoms with Crippen LogP contribution in [0.4, 0.5) is 17.1 Å². The minimum absolute atomic E-state index is 0.178. The van der Waals surface area contributed by atoms with Gasteiger partial charge in [0.2, 0.25) is 0 Å². The fourth-order valence-corrected chi connectivity index (χ4v) is 5.63. The van der Waals surface area contributed by atoms with Crippen molar-refractivity contribution >= 4 is 40.1 Å². The summed E-state index contributed by atoms with van der Waals surface area (Å²) < 4.78 is 0. The van der Waals surface area contributed by atoms with Crippen molar-refractivity contribution in [1.29, 1.82) is 0 Å². The molecule has 0 spiro atoms. The van der Waals surface area contributed by atoms with E-state index in [0.717, 1.165) is 74.4 Å². The van der Waals surface area contributed by atoms with Crippen LogP contribution in [-0.4, -0.2) is 44.0 Å². The summed E-state index contributed by atoms with van der Waals surface area (Å²) in [5, 5.41) is 12.9. The van der Waals surface area contributed by atoms with Crippen molar-refractivity contribution in [1.82, 2.24) is 10.6 Å². The second kappa shape index (κ2) is 11.7. The van der Waals surface area contributed by atoms with Crippen LogP contribution < -0.4 is 26.2 Å². The fourth-order valence-electron chi connectivity index (χ4n) is 5.63. The number of benzene rings is 3. The van der Waals surface area contributed by atoms with Crippen molar-refractivity contribution in [2.75, 3.05) is 41.7 Å². The van der Waals surface area contributed by atoms with Crippen LogP contribution in [0.5, 0.6) is 0 Å². The molecule has 0 aromatic heterocycles. The number of rotatable bonds is 5. The zero-order valence-electron chi connectivity index (χ0n) is 22.4. The van der Waals surface area contributed by atoms with Gasteiger partial charge in [-0.1, -0.05) is 55.2 Å². The number of carbonyl (C=O) groups is 2. The molecule has 7 heteroatoms. The van der Waals surface area contributed by atoms with Crippen molar-refractivity contribution in [3.05, 3.63) is 89.5 Å². The van der Waals surface area contributed by atoms with E-state index in [-0.39, 0.29) is 17.9 Å². The average Bonchev–Trinajstić information content (AvgIpc) is 3.62. The summed E-state index contributed by atoms with van der Waals surface area (Å²) in [6, 6.07) is 24.1. The molecule has 1 aliphatic carbocycles. The number of hydrogen-bond acceptors (Lipinski definition) is 5. The molecule has 0 atom stereocenters. The van der Waals surface area contributed by atoms with Gasteiger partial charge in [0.25, 0.3) is 11.8 Å². The van der Waals surface area contributed by atoms with Gasteiger partial charge in [-0.05, 0) is 54.8 Å². The Bertz CT molecular complexity index is 1490. The Balaban J connectivity index is 1.28. The Kier molecular flexibility index (Phi) is 7.51. The molecular weight excluding hydrogens is 498 g/mol. The Morgan fingerprint density at radius 1 is 0.925 bits per heavy atom.